The first kappa shape index (κ1) is 11.1. The second-order valence-electron chi connectivity index (χ2n) is 4.48. The van der Waals surface area contributed by atoms with Gasteiger partial charge >= 0.3 is 0 Å². The first-order chi connectivity index (χ1) is 6.54. The monoisotopic (exact) mass is 191 g/mol. The van der Waals surface area contributed by atoms with Crippen molar-refractivity contribution in [1.29, 1.82) is 0 Å². The Bertz CT molecular complexity index is 284. The third kappa shape index (κ3) is 3.06. The Morgan fingerprint density at radius 2 is 2.00 bits per heavy atom. The SMILES string of the molecule is [CH2]CCOc1cccc(C(C)(C)C)c1. The molecule has 0 aliphatic rings. The highest BCUT2D eigenvalue weighted by Crippen LogP contribution is 2.25. The van der Waals surface area contributed by atoms with Crippen molar-refractivity contribution >= 4 is 0 Å². The molecule has 0 aromatic heterocycles. The van der Waals surface area contributed by atoms with Crippen LogP contribution in [0.1, 0.15) is 32.8 Å². The Hall–Kier alpha value is -0.980. The predicted octanol–water partition coefficient (Wildman–Crippen LogP) is 3.59. The van der Waals surface area contributed by atoms with Gasteiger partial charge in [-0.1, -0.05) is 32.9 Å². The van der Waals surface area contributed by atoms with Crippen LogP contribution in [0, 0.1) is 6.92 Å². The van der Waals surface area contributed by atoms with Crippen LogP contribution in [0.15, 0.2) is 24.3 Å². The molecule has 0 aliphatic heterocycles. The van der Waals surface area contributed by atoms with Crippen LogP contribution >= 0.6 is 0 Å². The van der Waals surface area contributed by atoms with Gasteiger partial charge < -0.3 is 4.74 Å². The molecule has 0 amide bonds. The van der Waals surface area contributed by atoms with E-state index in [1.54, 1.807) is 0 Å². The summed E-state index contributed by atoms with van der Waals surface area (Å²) < 4.78 is 5.53. The molecule has 0 saturated carbocycles. The summed E-state index contributed by atoms with van der Waals surface area (Å²) in [6.45, 7) is 11.0. The standard InChI is InChI=1S/C13H19O/c1-5-9-14-12-8-6-7-11(10-12)13(2,3)4/h6-8,10H,1,5,9H2,2-4H3. The molecular weight excluding hydrogens is 172 g/mol. The summed E-state index contributed by atoms with van der Waals surface area (Å²) in [6.07, 6.45) is 0.805. The van der Waals surface area contributed by atoms with Gasteiger partial charge in [0.25, 0.3) is 0 Å². The van der Waals surface area contributed by atoms with Gasteiger partial charge in [0.05, 0.1) is 6.61 Å². The normalized spacial score (nSPS) is 11.4. The molecule has 77 valence electrons. The van der Waals surface area contributed by atoms with Crippen molar-refractivity contribution < 1.29 is 4.74 Å². The van der Waals surface area contributed by atoms with E-state index in [-0.39, 0.29) is 5.41 Å². The largest absolute Gasteiger partial charge is 0.494 e. The Kier molecular flexibility index (Phi) is 3.56. The quantitative estimate of drug-likeness (QED) is 0.709. The van der Waals surface area contributed by atoms with Crippen LogP contribution in [0.3, 0.4) is 0 Å². The van der Waals surface area contributed by atoms with E-state index in [9.17, 15) is 0 Å². The predicted molar refractivity (Wildman–Crippen MR) is 60.6 cm³/mol. The zero-order valence-electron chi connectivity index (χ0n) is 9.34. The van der Waals surface area contributed by atoms with E-state index >= 15 is 0 Å². The van der Waals surface area contributed by atoms with E-state index in [1.807, 2.05) is 12.1 Å². The topological polar surface area (TPSA) is 9.23 Å². The Morgan fingerprint density at radius 1 is 1.29 bits per heavy atom. The second kappa shape index (κ2) is 4.50. The molecule has 0 heterocycles. The van der Waals surface area contributed by atoms with Crippen LogP contribution < -0.4 is 4.74 Å². The maximum Gasteiger partial charge on any atom is 0.119 e. The Labute approximate surface area is 87.1 Å². The van der Waals surface area contributed by atoms with Crippen LogP contribution in [-0.2, 0) is 5.41 Å². The maximum absolute atomic E-state index is 5.53. The molecular formula is C13H19O. The number of ether oxygens (including phenoxy) is 1. The summed E-state index contributed by atoms with van der Waals surface area (Å²) in [4.78, 5) is 0. The fraction of sp³-hybridized carbons (Fsp3) is 0.462. The van der Waals surface area contributed by atoms with Crippen LogP contribution in [0.25, 0.3) is 0 Å². The zero-order chi connectivity index (χ0) is 10.6. The second-order valence-corrected chi connectivity index (χ2v) is 4.48. The number of benzene rings is 1. The lowest BCUT2D eigenvalue weighted by atomic mass is 9.87. The maximum atomic E-state index is 5.53. The Morgan fingerprint density at radius 3 is 2.57 bits per heavy atom. The van der Waals surface area contributed by atoms with Crippen molar-refractivity contribution in [2.75, 3.05) is 6.61 Å². The van der Waals surface area contributed by atoms with Crippen molar-refractivity contribution in [3.63, 3.8) is 0 Å². The minimum absolute atomic E-state index is 0.184. The number of hydrogen-bond donors (Lipinski definition) is 0. The highest BCUT2D eigenvalue weighted by atomic mass is 16.5. The third-order valence-electron chi connectivity index (χ3n) is 2.11. The Balaban J connectivity index is 2.79. The number of rotatable bonds is 3. The van der Waals surface area contributed by atoms with Gasteiger partial charge in [0, 0.05) is 0 Å². The molecule has 1 radical (unpaired) electrons. The minimum atomic E-state index is 0.184. The van der Waals surface area contributed by atoms with Crippen molar-refractivity contribution in [3.05, 3.63) is 36.8 Å². The van der Waals surface area contributed by atoms with Crippen molar-refractivity contribution in [1.82, 2.24) is 0 Å². The minimum Gasteiger partial charge on any atom is -0.494 e. The third-order valence-corrected chi connectivity index (χ3v) is 2.11. The highest BCUT2D eigenvalue weighted by Gasteiger charge is 2.13. The molecule has 0 atom stereocenters. The van der Waals surface area contributed by atoms with Gasteiger partial charge in [-0.05, 0) is 36.5 Å². The van der Waals surface area contributed by atoms with Gasteiger partial charge in [0.15, 0.2) is 0 Å². The lowest BCUT2D eigenvalue weighted by molar-refractivity contribution is 0.323. The molecule has 1 heteroatoms. The molecule has 0 fully saturated rings. The average molecular weight is 191 g/mol. The van der Waals surface area contributed by atoms with Crippen LogP contribution in [0.2, 0.25) is 0 Å². The molecule has 0 bridgehead atoms. The summed E-state index contributed by atoms with van der Waals surface area (Å²) >= 11 is 0. The average Bonchev–Trinajstić information content (AvgIpc) is 2.14. The number of hydrogen-bond acceptors (Lipinski definition) is 1. The van der Waals surface area contributed by atoms with Gasteiger partial charge in [0.2, 0.25) is 0 Å². The summed E-state index contributed by atoms with van der Waals surface area (Å²) in [5, 5.41) is 0. The van der Waals surface area contributed by atoms with Crippen LogP contribution in [0.5, 0.6) is 5.75 Å². The lowest BCUT2D eigenvalue weighted by Crippen LogP contribution is -2.11. The highest BCUT2D eigenvalue weighted by molar-refractivity contribution is 5.32. The van der Waals surface area contributed by atoms with Gasteiger partial charge in [-0.2, -0.15) is 0 Å². The molecule has 14 heavy (non-hydrogen) atoms. The van der Waals surface area contributed by atoms with Crippen LogP contribution in [0.4, 0.5) is 0 Å². The van der Waals surface area contributed by atoms with E-state index < -0.39 is 0 Å². The smallest absolute Gasteiger partial charge is 0.119 e. The zero-order valence-corrected chi connectivity index (χ0v) is 9.34. The van der Waals surface area contributed by atoms with Gasteiger partial charge in [-0.15, -0.1) is 0 Å². The summed E-state index contributed by atoms with van der Waals surface area (Å²) in [7, 11) is 0. The first-order valence-electron chi connectivity index (χ1n) is 5.06. The fourth-order valence-corrected chi connectivity index (χ4v) is 1.24. The van der Waals surface area contributed by atoms with Gasteiger partial charge in [0.1, 0.15) is 5.75 Å². The van der Waals surface area contributed by atoms with Crippen LogP contribution in [-0.4, -0.2) is 6.61 Å². The van der Waals surface area contributed by atoms with Gasteiger partial charge in [-0.3, -0.25) is 0 Å². The molecule has 1 rings (SSSR count). The molecule has 1 aromatic carbocycles. The summed E-state index contributed by atoms with van der Waals surface area (Å²) in [6, 6.07) is 8.27. The lowest BCUT2D eigenvalue weighted by Gasteiger charge is -2.19. The van der Waals surface area contributed by atoms with Gasteiger partial charge in [-0.25, -0.2) is 0 Å². The molecule has 0 N–H and O–H groups in total. The molecule has 0 aliphatic carbocycles. The van der Waals surface area contributed by atoms with Crippen molar-refractivity contribution in [2.45, 2.75) is 32.6 Å². The van der Waals surface area contributed by atoms with Crippen molar-refractivity contribution in [2.24, 2.45) is 0 Å². The van der Waals surface area contributed by atoms with E-state index in [1.165, 1.54) is 5.56 Å². The van der Waals surface area contributed by atoms with E-state index in [0.29, 0.717) is 6.61 Å². The van der Waals surface area contributed by atoms with E-state index in [0.717, 1.165) is 12.2 Å². The molecule has 1 nitrogen and oxygen atoms in total. The molecule has 1 aromatic rings. The first-order valence-corrected chi connectivity index (χ1v) is 5.06. The molecule has 0 spiro atoms. The summed E-state index contributed by atoms with van der Waals surface area (Å²) in [5.41, 5.74) is 1.49. The summed E-state index contributed by atoms with van der Waals surface area (Å²) in [5.74, 6) is 0.945. The fourth-order valence-electron chi connectivity index (χ4n) is 1.24. The molecule has 0 unspecified atom stereocenters. The van der Waals surface area contributed by atoms with E-state index in [2.05, 4.69) is 39.8 Å². The van der Waals surface area contributed by atoms with Crippen molar-refractivity contribution in [3.8, 4) is 5.75 Å². The van der Waals surface area contributed by atoms with E-state index in [4.69, 9.17) is 4.74 Å². The molecule has 0 saturated heterocycles.